The van der Waals surface area contributed by atoms with E-state index in [4.69, 9.17) is 4.52 Å². The zero-order valence-electron chi connectivity index (χ0n) is 13.9. The summed E-state index contributed by atoms with van der Waals surface area (Å²) in [7, 11) is 0. The Bertz CT molecular complexity index is 652. The molecule has 0 spiro atoms. The number of aryl methyl sites for hydroxylation is 1. The van der Waals surface area contributed by atoms with Crippen molar-refractivity contribution in [2.24, 2.45) is 0 Å². The van der Waals surface area contributed by atoms with Crippen molar-refractivity contribution in [3.05, 3.63) is 30.4 Å². The lowest BCUT2D eigenvalue weighted by Crippen LogP contribution is -2.42. The summed E-state index contributed by atoms with van der Waals surface area (Å²) in [4.78, 5) is 22.9. The van der Waals surface area contributed by atoms with Gasteiger partial charge in [-0.1, -0.05) is 12.1 Å². The van der Waals surface area contributed by atoms with Crippen LogP contribution in [-0.2, 0) is 11.2 Å². The zero-order valence-corrected chi connectivity index (χ0v) is 13.9. The van der Waals surface area contributed by atoms with Crippen LogP contribution in [0.5, 0.6) is 0 Å². The fourth-order valence-corrected chi connectivity index (χ4v) is 2.99. The Kier molecular flexibility index (Phi) is 5.53. The van der Waals surface area contributed by atoms with Crippen LogP contribution < -0.4 is 5.32 Å². The summed E-state index contributed by atoms with van der Waals surface area (Å²) >= 11 is 0. The quantitative estimate of drug-likeness (QED) is 0.832. The second kappa shape index (κ2) is 8.01. The number of hydrogen-bond acceptors (Lipinski definition) is 6. The number of nitrogens with one attached hydrogen (secondary N) is 1. The highest BCUT2D eigenvalue weighted by atomic mass is 16.5. The van der Waals surface area contributed by atoms with E-state index in [-0.39, 0.29) is 5.91 Å². The molecule has 1 aliphatic rings. The normalized spacial score (nSPS) is 17.1. The van der Waals surface area contributed by atoms with E-state index in [1.807, 2.05) is 17.0 Å². The largest absolute Gasteiger partial charge is 0.339 e. The van der Waals surface area contributed by atoms with Crippen LogP contribution in [0.1, 0.15) is 32.1 Å². The molecule has 0 bridgehead atoms. The van der Waals surface area contributed by atoms with Gasteiger partial charge in [0, 0.05) is 49.9 Å². The van der Waals surface area contributed by atoms with Gasteiger partial charge in [-0.2, -0.15) is 4.98 Å². The van der Waals surface area contributed by atoms with E-state index in [0.29, 0.717) is 30.6 Å². The second-order valence-corrected chi connectivity index (χ2v) is 5.98. The number of rotatable bonds is 7. The Hall–Kier alpha value is -2.28. The summed E-state index contributed by atoms with van der Waals surface area (Å²) < 4.78 is 5.27. The van der Waals surface area contributed by atoms with Crippen molar-refractivity contribution in [2.45, 2.75) is 38.6 Å². The maximum absolute atomic E-state index is 12.6. The van der Waals surface area contributed by atoms with Gasteiger partial charge in [-0.3, -0.25) is 9.78 Å². The lowest BCUT2D eigenvalue weighted by atomic mass is 10.1. The number of carbonyl (C=O) groups is 1. The molecule has 1 atom stereocenters. The molecule has 7 nitrogen and oxygen atoms in total. The SMILES string of the molecule is CCCN(C(=O)CCc1nc(-c2ccncc2)no1)C1CCNC1. The number of carbonyl (C=O) groups excluding carboxylic acids is 1. The van der Waals surface area contributed by atoms with Gasteiger partial charge in [0.15, 0.2) is 0 Å². The molecule has 1 amide bonds. The molecule has 24 heavy (non-hydrogen) atoms. The summed E-state index contributed by atoms with van der Waals surface area (Å²) in [6.07, 6.45) is 6.24. The van der Waals surface area contributed by atoms with Gasteiger partial charge < -0.3 is 14.7 Å². The third kappa shape index (κ3) is 3.97. The molecule has 0 aliphatic carbocycles. The van der Waals surface area contributed by atoms with Gasteiger partial charge in [0.2, 0.25) is 17.6 Å². The van der Waals surface area contributed by atoms with E-state index in [1.165, 1.54) is 0 Å². The number of pyridine rings is 1. The first-order chi connectivity index (χ1) is 11.8. The van der Waals surface area contributed by atoms with E-state index >= 15 is 0 Å². The number of nitrogens with zero attached hydrogens (tertiary/aromatic N) is 4. The van der Waals surface area contributed by atoms with Gasteiger partial charge >= 0.3 is 0 Å². The molecule has 3 heterocycles. The molecule has 1 fully saturated rings. The molecule has 1 aliphatic heterocycles. The van der Waals surface area contributed by atoms with Gasteiger partial charge in [0.25, 0.3) is 0 Å². The maximum atomic E-state index is 12.6. The highest BCUT2D eigenvalue weighted by Crippen LogP contribution is 2.16. The van der Waals surface area contributed by atoms with Gasteiger partial charge in [-0.25, -0.2) is 0 Å². The fraction of sp³-hybridized carbons (Fsp3) is 0.529. The van der Waals surface area contributed by atoms with Crippen LogP contribution >= 0.6 is 0 Å². The standard InChI is InChI=1S/C17H23N5O2/c1-2-11-22(14-7-10-19-12-14)16(23)4-3-15-20-17(21-24-15)13-5-8-18-9-6-13/h5-6,8-9,14,19H,2-4,7,10-12H2,1H3. The van der Waals surface area contributed by atoms with E-state index < -0.39 is 0 Å². The molecule has 0 saturated carbocycles. The minimum absolute atomic E-state index is 0.161. The lowest BCUT2D eigenvalue weighted by molar-refractivity contribution is -0.133. The molecule has 1 N–H and O–H groups in total. The monoisotopic (exact) mass is 329 g/mol. The highest BCUT2D eigenvalue weighted by molar-refractivity contribution is 5.76. The van der Waals surface area contributed by atoms with Crippen LogP contribution in [0.15, 0.2) is 29.0 Å². The number of amides is 1. The van der Waals surface area contributed by atoms with E-state index in [9.17, 15) is 4.79 Å². The van der Waals surface area contributed by atoms with E-state index in [1.54, 1.807) is 12.4 Å². The van der Waals surface area contributed by atoms with Crippen molar-refractivity contribution in [2.75, 3.05) is 19.6 Å². The van der Waals surface area contributed by atoms with Crippen molar-refractivity contribution in [3.63, 3.8) is 0 Å². The Labute approximate surface area is 141 Å². The van der Waals surface area contributed by atoms with Crippen molar-refractivity contribution in [1.82, 2.24) is 25.3 Å². The number of aromatic nitrogens is 3. The van der Waals surface area contributed by atoms with Crippen molar-refractivity contribution in [1.29, 1.82) is 0 Å². The average molecular weight is 329 g/mol. The topological polar surface area (TPSA) is 84.2 Å². The van der Waals surface area contributed by atoms with Gasteiger partial charge in [0.1, 0.15) is 0 Å². The van der Waals surface area contributed by atoms with Crippen molar-refractivity contribution >= 4 is 5.91 Å². The molecule has 128 valence electrons. The average Bonchev–Trinajstić information content (AvgIpc) is 3.30. The summed E-state index contributed by atoms with van der Waals surface area (Å²) in [5.41, 5.74) is 0.857. The van der Waals surface area contributed by atoms with E-state index in [0.717, 1.165) is 38.0 Å². The molecule has 1 saturated heterocycles. The fourth-order valence-electron chi connectivity index (χ4n) is 2.99. The first-order valence-electron chi connectivity index (χ1n) is 8.51. The van der Waals surface area contributed by atoms with Crippen LogP contribution in [0, 0.1) is 0 Å². The summed E-state index contributed by atoms with van der Waals surface area (Å²) in [6, 6.07) is 3.97. The third-order valence-corrected chi connectivity index (χ3v) is 4.22. The molecule has 2 aromatic heterocycles. The summed E-state index contributed by atoms with van der Waals surface area (Å²) in [5, 5.41) is 7.30. The predicted octanol–water partition coefficient (Wildman–Crippen LogP) is 1.66. The third-order valence-electron chi connectivity index (χ3n) is 4.22. The smallest absolute Gasteiger partial charge is 0.227 e. The predicted molar refractivity (Wildman–Crippen MR) is 89.1 cm³/mol. The summed E-state index contributed by atoms with van der Waals surface area (Å²) in [6.45, 7) is 4.77. The van der Waals surface area contributed by atoms with Crippen molar-refractivity contribution in [3.8, 4) is 11.4 Å². The molecule has 0 radical (unpaired) electrons. The zero-order chi connectivity index (χ0) is 16.8. The maximum Gasteiger partial charge on any atom is 0.227 e. The molecule has 7 heteroatoms. The number of hydrogen-bond donors (Lipinski definition) is 1. The van der Waals surface area contributed by atoms with Gasteiger partial charge in [0.05, 0.1) is 0 Å². The van der Waals surface area contributed by atoms with Crippen LogP contribution in [0.4, 0.5) is 0 Å². The highest BCUT2D eigenvalue weighted by Gasteiger charge is 2.25. The Balaban J connectivity index is 1.58. The van der Waals surface area contributed by atoms with Crippen molar-refractivity contribution < 1.29 is 9.32 Å². The molecule has 0 aromatic carbocycles. The first-order valence-corrected chi connectivity index (χ1v) is 8.51. The van der Waals surface area contributed by atoms with Crippen LogP contribution in [-0.4, -0.2) is 51.6 Å². The Morgan fingerprint density at radius 2 is 2.25 bits per heavy atom. The van der Waals surface area contributed by atoms with Crippen LogP contribution in [0.25, 0.3) is 11.4 Å². The summed E-state index contributed by atoms with van der Waals surface area (Å²) in [5.74, 6) is 1.19. The first kappa shape index (κ1) is 16.6. The minimum atomic E-state index is 0.161. The molecular formula is C17H23N5O2. The van der Waals surface area contributed by atoms with Gasteiger partial charge in [-0.15, -0.1) is 0 Å². The second-order valence-electron chi connectivity index (χ2n) is 5.98. The van der Waals surface area contributed by atoms with Crippen LogP contribution in [0.3, 0.4) is 0 Å². The Morgan fingerprint density at radius 3 is 2.96 bits per heavy atom. The Morgan fingerprint density at radius 1 is 1.42 bits per heavy atom. The van der Waals surface area contributed by atoms with Gasteiger partial charge in [-0.05, 0) is 31.5 Å². The molecule has 3 rings (SSSR count). The molecule has 2 aromatic rings. The molecule has 1 unspecified atom stereocenters. The minimum Gasteiger partial charge on any atom is -0.339 e. The van der Waals surface area contributed by atoms with E-state index in [2.05, 4.69) is 27.4 Å². The molecular weight excluding hydrogens is 306 g/mol. The lowest BCUT2D eigenvalue weighted by Gasteiger charge is -2.28. The van der Waals surface area contributed by atoms with Crippen LogP contribution in [0.2, 0.25) is 0 Å².